The molecule has 0 aromatic heterocycles. The van der Waals surface area contributed by atoms with Crippen molar-refractivity contribution in [2.75, 3.05) is 0 Å². The third kappa shape index (κ3) is 31.7. The summed E-state index contributed by atoms with van der Waals surface area (Å²) >= 11 is 0. The first-order valence-electron chi connectivity index (χ1n) is 19.4. The fraction of sp³-hybridized carbons (Fsp3) is 0.216. The van der Waals surface area contributed by atoms with Crippen LogP contribution in [0.25, 0.3) is 0 Å². The summed E-state index contributed by atoms with van der Waals surface area (Å²) in [6, 6.07) is 58.6. The van der Waals surface area contributed by atoms with Gasteiger partial charge in [0.25, 0.3) is 0 Å². The molecule has 0 saturated heterocycles. The molecule has 6 aromatic carbocycles. The summed E-state index contributed by atoms with van der Waals surface area (Å²) < 4.78 is 59.2. The van der Waals surface area contributed by atoms with E-state index in [1.54, 1.807) is 12.3 Å². The Morgan fingerprint density at radius 1 is 0.587 bits per heavy atom. The zero-order valence-electron chi connectivity index (χ0n) is 37.8. The van der Waals surface area contributed by atoms with Crippen LogP contribution in [0.3, 0.4) is 0 Å². The van der Waals surface area contributed by atoms with Gasteiger partial charge in [0.05, 0.1) is 33.9 Å². The smallest absolute Gasteiger partial charge is 0.358 e. The molecule has 0 aliphatic carbocycles. The summed E-state index contributed by atoms with van der Waals surface area (Å²) in [6.45, 7) is 17.0. The molecule has 0 aliphatic rings. The van der Waals surface area contributed by atoms with Crippen molar-refractivity contribution < 1.29 is 67.2 Å². The minimum atomic E-state index is -10.7. The van der Waals surface area contributed by atoms with Gasteiger partial charge in [-0.05, 0) is 71.5 Å². The van der Waals surface area contributed by atoms with E-state index in [0.29, 0.717) is 11.8 Å². The summed E-state index contributed by atoms with van der Waals surface area (Å²) in [5, 5.41) is 14.2. The molecule has 0 radical (unpaired) electrons. The fourth-order valence-electron chi connectivity index (χ4n) is 5.05. The number of benzene rings is 6. The van der Waals surface area contributed by atoms with Crippen molar-refractivity contribution in [2.24, 2.45) is 4.99 Å². The van der Waals surface area contributed by atoms with Crippen LogP contribution < -0.4 is 15.9 Å². The maximum atomic E-state index is 9.87. The summed E-state index contributed by atoms with van der Waals surface area (Å²) in [5.41, 5.74) is 4.26. The summed E-state index contributed by atoms with van der Waals surface area (Å²) in [5.74, 6) is 1.09. The fourth-order valence-corrected chi connectivity index (χ4v) is 7.63. The molecule has 1 N–H and O–H groups in total. The Balaban J connectivity index is -0.000000378. The van der Waals surface area contributed by atoms with Crippen molar-refractivity contribution in [3.8, 4) is 5.75 Å². The van der Waals surface area contributed by atoms with Crippen molar-refractivity contribution in [1.29, 1.82) is 0 Å². The number of nitrogens with zero attached hydrogens (tertiary/aromatic N) is 1. The Bertz CT molecular complexity index is 1870. The van der Waals surface area contributed by atoms with Crippen LogP contribution in [0.1, 0.15) is 90.3 Å². The molecule has 0 bridgehead atoms. The molecule has 2 nitrogen and oxygen atoms in total. The van der Waals surface area contributed by atoms with Crippen LogP contribution in [0.5, 0.6) is 5.75 Å². The minimum Gasteiger partial charge on any atom is -0.358 e. The van der Waals surface area contributed by atoms with Gasteiger partial charge in [0, 0.05) is 32.2 Å². The number of hydrogen-bond donors (Lipinski definition) is 1. The number of rotatable bonds is 7. The number of aliphatic imine (C=N–C) groups is 1. The van der Waals surface area contributed by atoms with E-state index >= 15 is 0 Å². The Kier molecular flexibility index (Phi) is 34.3. The van der Waals surface area contributed by atoms with Gasteiger partial charge in [0.1, 0.15) is 21.7 Å². The maximum Gasteiger partial charge on any atom is 2.00 e. The van der Waals surface area contributed by atoms with Crippen molar-refractivity contribution in [3.05, 3.63) is 208 Å². The predicted octanol–water partition coefficient (Wildman–Crippen LogP) is 17.0. The monoisotopic (exact) mass is 1050 g/mol. The van der Waals surface area contributed by atoms with Gasteiger partial charge in [-0.2, -0.15) is 36.4 Å². The first-order chi connectivity index (χ1) is 27.7. The second-order valence-electron chi connectivity index (χ2n) is 13.7. The zero-order chi connectivity index (χ0) is 44.4. The molecular weight excluding hydrogens is 984 g/mol. The molecule has 0 atom stereocenters. The van der Waals surface area contributed by atoms with Gasteiger partial charge in [0.2, 0.25) is 0 Å². The van der Waals surface area contributed by atoms with E-state index in [2.05, 4.69) is 157 Å². The largest absolute Gasteiger partial charge is 2.00 e. The van der Waals surface area contributed by atoms with Gasteiger partial charge in [-0.25, -0.2) is 0 Å². The van der Waals surface area contributed by atoms with E-state index in [1.807, 2.05) is 68.8 Å². The first-order valence-corrected chi connectivity index (χ1v) is 23.0. The van der Waals surface area contributed by atoms with Crippen molar-refractivity contribution in [2.45, 2.75) is 73.6 Å². The Morgan fingerprint density at radius 2 is 0.889 bits per heavy atom. The van der Waals surface area contributed by atoms with E-state index in [-0.39, 0.29) is 57.5 Å². The molecule has 0 unspecified atom stereocenters. The van der Waals surface area contributed by atoms with E-state index in [4.69, 9.17) is 4.99 Å². The quantitative estimate of drug-likeness (QED) is 0.0558. The van der Waals surface area contributed by atoms with Crippen LogP contribution in [0, 0.1) is 27.3 Å². The van der Waals surface area contributed by atoms with Crippen molar-refractivity contribution in [3.63, 3.8) is 0 Å². The molecule has 0 amide bonds. The molecular formula is C51H65F6NNiOP2Pd. The molecule has 0 spiro atoms. The SMILES string of the molecule is CC(C)c1cccc(C(C)C)c1N=Cc1ccccc1O.CCC.C[CH+]C.F[P-](F)(F)(F)(F)F.[CH3-].[CH3-].[Ni+2].[Pd].[c-]1ccccc1.c1ccc([PH+](c2ccccc2)c2ccccc2)cc1. The summed E-state index contributed by atoms with van der Waals surface area (Å²) in [4.78, 5) is 4.69. The van der Waals surface area contributed by atoms with Gasteiger partial charge in [-0.1, -0.05) is 133 Å². The average Bonchev–Trinajstić information content (AvgIpc) is 3.19. The molecule has 352 valence electrons. The first kappa shape index (κ1) is 65.9. The van der Waals surface area contributed by atoms with Crippen molar-refractivity contribution >= 4 is 43.5 Å². The standard InChI is InChI=1S/C19H23NO.C18H15P.C6H5.C3H8.C3H7.2CH3.F6P.Ni.Pd/c1-13(2)16-9-7-10-17(14(3)4)19(16)20-12-15-8-5-6-11-18(15)21;1-4-10-16(11-5-1)19(17-12-6-2-7-13-17)18-14-8-3-9-15-18;1-2-4-6-5-3-1;2*1-3-2;;;1-7(2,3,4,5)6;;/h5-14,21H,1-4H3;1-15H;1-5H;3H2,1-2H3;3H,1-2H3;2*1H3;;;/q;;-1;;+1;3*-1;+2;/p+1. The van der Waals surface area contributed by atoms with Crippen LogP contribution in [0.4, 0.5) is 30.9 Å². The number of hydrogen-bond acceptors (Lipinski definition) is 2. The number of halogens is 6. The molecule has 0 heterocycles. The van der Waals surface area contributed by atoms with Gasteiger partial charge < -0.3 is 20.0 Å². The van der Waals surface area contributed by atoms with Crippen molar-refractivity contribution in [1.82, 2.24) is 0 Å². The molecule has 63 heavy (non-hydrogen) atoms. The number of phenols is 1. The second kappa shape index (κ2) is 32.8. The Hall–Kier alpha value is -3.74. The molecule has 6 aromatic rings. The van der Waals surface area contributed by atoms with E-state index < -0.39 is 15.7 Å². The van der Waals surface area contributed by atoms with Crippen LogP contribution in [0.15, 0.2) is 169 Å². The van der Waals surface area contributed by atoms with Crippen LogP contribution in [-0.4, -0.2) is 11.3 Å². The molecule has 0 aliphatic heterocycles. The summed E-state index contributed by atoms with van der Waals surface area (Å²) in [6.07, 6.45) is 5.00. The van der Waals surface area contributed by atoms with Crippen LogP contribution in [-0.2, 0) is 36.9 Å². The molecule has 0 saturated carbocycles. The minimum absolute atomic E-state index is 0. The number of aromatic hydroxyl groups is 1. The second-order valence-corrected chi connectivity index (χ2v) is 18.1. The zero-order valence-corrected chi connectivity index (χ0v) is 42.3. The van der Waals surface area contributed by atoms with E-state index in [1.165, 1.54) is 33.5 Å². The topological polar surface area (TPSA) is 32.6 Å². The van der Waals surface area contributed by atoms with E-state index in [0.717, 1.165) is 11.3 Å². The number of phenolic OH excluding ortho intramolecular Hbond substituents is 1. The van der Waals surface area contributed by atoms with Crippen LogP contribution in [0.2, 0.25) is 0 Å². The third-order valence-corrected chi connectivity index (χ3v) is 10.1. The maximum absolute atomic E-state index is 10.7. The average molecular weight is 1050 g/mol. The van der Waals surface area contributed by atoms with Gasteiger partial charge in [-0.15, -0.1) is 0 Å². The molecule has 12 heteroatoms. The normalized spacial score (nSPS) is 10.9. The Morgan fingerprint density at radius 3 is 1.16 bits per heavy atom. The molecule has 6 rings (SSSR count). The summed E-state index contributed by atoms with van der Waals surface area (Å²) in [7, 11) is -11.5. The third-order valence-electron chi connectivity index (χ3n) is 7.41. The molecule has 0 fully saturated rings. The van der Waals surface area contributed by atoms with Gasteiger partial charge >= 0.3 is 49.5 Å². The van der Waals surface area contributed by atoms with Crippen LogP contribution >= 0.6 is 15.7 Å². The predicted molar refractivity (Wildman–Crippen MR) is 260 cm³/mol. The van der Waals surface area contributed by atoms with Gasteiger partial charge in [-0.3, -0.25) is 4.99 Å². The van der Waals surface area contributed by atoms with Gasteiger partial charge in [0.15, 0.2) is 0 Å². The van der Waals surface area contributed by atoms with E-state index in [9.17, 15) is 30.3 Å². The Labute approximate surface area is 400 Å². The number of para-hydroxylation sites is 2.